The third-order valence-electron chi connectivity index (χ3n) is 0.389. The van der Waals surface area contributed by atoms with Crippen molar-refractivity contribution in [1.82, 2.24) is 5.34 Å². The first-order valence-electron chi connectivity index (χ1n) is 1.86. The first kappa shape index (κ1) is 6.56. The highest BCUT2D eigenvalue weighted by molar-refractivity contribution is 4.88. The van der Waals surface area contributed by atoms with E-state index in [0.717, 1.165) is 0 Å². The van der Waals surface area contributed by atoms with E-state index in [4.69, 9.17) is 0 Å². The average molecular weight is 107 g/mol. The van der Waals surface area contributed by atoms with Crippen molar-refractivity contribution in [3.05, 3.63) is 12.2 Å². The second kappa shape index (κ2) is 2.69. The van der Waals surface area contributed by atoms with Crippen LogP contribution in [0.4, 0.5) is 8.96 Å². The molecule has 0 rings (SSSR count). The lowest BCUT2D eigenvalue weighted by Crippen LogP contribution is -2.02. The summed E-state index contributed by atoms with van der Waals surface area (Å²) in [6.07, 6.45) is 0. The van der Waals surface area contributed by atoms with Gasteiger partial charge in [0.25, 0.3) is 0 Å². The molecule has 0 spiro atoms. The zero-order chi connectivity index (χ0) is 5.86. The monoisotopic (exact) mass is 107 g/mol. The molecule has 0 radical (unpaired) electrons. The minimum Gasteiger partial charge on any atom is -0.101 e. The van der Waals surface area contributed by atoms with Gasteiger partial charge in [0.15, 0.2) is 0 Å². The molecule has 0 aromatic heterocycles. The zero-order valence-corrected chi connectivity index (χ0v) is 4.12. The van der Waals surface area contributed by atoms with Crippen LogP contribution in [0.3, 0.4) is 0 Å². The van der Waals surface area contributed by atoms with Crippen LogP contribution in [-0.2, 0) is 0 Å². The lowest BCUT2D eigenvalue weighted by Gasteiger charge is -1.95. The fourth-order valence-electron chi connectivity index (χ4n) is 0.204. The van der Waals surface area contributed by atoms with Gasteiger partial charge in [-0.25, -0.2) is 0 Å². The van der Waals surface area contributed by atoms with Crippen LogP contribution in [-0.4, -0.2) is 11.9 Å². The number of hydrogen-bond acceptors (Lipinski definition) is 1. The lowest BCUT2D eigenvalue weighted by molar-refractivity contribution is -0.144. The third kappa shape index (κ3) is 5.56. The minimum absolute atomic E-state index is 0.333. The summed E-state index contributed by atoms with van der Waals surface area (Å²) in [4.78, 5) is 0. The third-order valence-corrected chi connectivity index (χ3v) is 0.389. The minimum atomic E-state index is -0.900. The molecule has 0 bridgehead atoms. The molecular weight excluding hydrogens is 100 g/mol. The van der Waals surface area contributed by atoms with E-state index in [2.05, 4.69) is 6.58 Å². The number of rotatable bonds is 2. The van der Waals surface area contributed by atoms with Crippen molar-refractivity contribution in [2.75, 3.05) is 6.54 Å². The molecule has 0 amide bonds. The Morgan fingerprint density at radius 1 is 1.71 bits per heavy atom. The van der Waals surface area contributed by atoms with Crippen molar-refractivity contribution in [1.29, 1.82) is 0 Å². The molecule has 0 aromatic rings. The Morgan fingerprint density at radius 3 is 2.14 bits per heavy atom. The smallest absolute Gasteiger partial charge is 0.0825 e. The standard InChI is InChI=1S/C4H7F2N/c1-4(2)3-7(5)6/h1,3H2,2H3. The SMILES string of the molecule is C=C(C)CN(F)F. The van der Waals surface area contributed by atoms with Crippen LogP contribution < -0.4 is 0 Å². The van der Waals surface area contributed by atoms with Crippen LogP contribution in [0.25, 0.3) is 0 Å². The molecule has 0 heterocycles. The fourth-order valence-corrected chi connectivity index (χ4v) is 0.204. The van der Waals surface area contributed by atoms with Gasteiger partial charge in [-0.3, -0.25) is 0 Å². The van der Waals surface area contributed by atoms with Gasteiger partial charge < -0.3 is 0 Å². The largest absolute Gasteiger partial charge is 0.101 e. The quantitative estimate of drug-likeness (QED) is 0.383. The van der Waals surface area contributed by atoms with E-state index in [1.165, 1.54) is 0 Å². The molecule has 0 N–H and O–H groups in total. The molecule has 42 valence electrons. The maximum atomic E-state index is 11.1. The molecule has 0 fully saturated rings. The molecule has 0 saturated carbocycles. The van der Waals surface area contributed by atoms with Crippen molar-refractivity contribution in [3.8, 4) is 0 Å². The van der Waals surface area contributed by atoms with Crippen LogP contribution >= 0.6 is 0 Å². The maximum absolute atomic E-state index is 11.1. The number of hydrogen-bond donors (Lipinski definition) is 0. The van der Waals surface area contributed by atoms with Gasteiger partial charge in [-0.2, -0.15) is 0 Å². The maximum Gasteiger partial charge on any atom is 0.0825 e. The molecule has 0 aliphatic heterocycles. The van der Waals surface area contributed by atoms with Crippen molar-refractivity contribution in [2.24, 2.45) is 0 Å². The molecule has 1 nitrogen and oxygen atoms in total. The predicted octanol–water partition coefficient (Wildman–Crippen LogP) is 1.63. The molecule has 3 heteroatoms. The van der Waals surface area contributed by atoms with Gasteiger partial charge in [0.05, 0.1) is 6.54 Å². The zero-order valence-electron chi connectivity index (χ0n) is 4.12. The van der Waals surface area contributed by atoms with E-state index in [9.17, 15) is 8.96 Å². The molecule has 0 saturated heterocycles. The summed E-state index contributed by atoms with van der Waals surface area (Å²) >= 11 is 0. The number of nitrogens with zero attached hydrogens (tertiary/aromatic N) is 1. The molecule has 0 unspecified atom stereocenters. The first-order valence-corrected chi connectivity index (χ1v) is 1.86. The Hall–Kier alpha value is -0.440. The van der Waals surface area contributed by atoms with Crippen molar-refractivity contribution in [2.45, 2.75) is 6.92 Å². The van der Waals surface area contributed by atoms with Crippen LogP contribution in [0.5, 0.6) is 0 Å². The second-order valence-corrected chi connectivity index (χ2v) is 1.42. The Balaban J connectivity index is 3.13. The Labute approximate surface area is 41.1 Å². The molecule has 0 atom stereocenters. The molecule has 0 aliphatic rings. The van der Waals surface area contributed by atoms with E-state index in [1.807, 2.05) is 0 Å². The summed E-state index contributed by atoms with van der Waals surface area (Å²) in [6.45, 7) is 4.49. The van der Waals surface area contributed by atoms with Crippen molar-refractivity contribution < 1.29 is 8.96 Å². The summed E-state index contributed by atoms with van der Waals surface area (Å²) < 4.78 is 22.1. The number of halogens is 2. The predicted molar refractivity (Wildman–Crippen MR) is 23.7 cm³/mol. The molecule has 0 aromatic carbocycles. The highest BCUT2D eigenvalue weighted by atomic mass is 19.4. The topological polar surface area (TPSA) is 3.24 Å². The molecule has 7 heavy (non-hydrogen) atoms. The average Bonchev–Trinajstić information content (AvgIpc) is 1.27. The van der Waals surface area contributed by atoms with Crippen LogP contribution in [0.2, 0.25) is 0 Å². The molecular formula is C4H7F2N. The van der Waals surface area contributed by atoms with Gasteiger partial charge in [-0.15, -0.1) is 8.96 Å². The fraction of sp³-hybridized carbons (Fsp3) is 0.500. The van der Waals surface area contributed by atoms with Crippen molar-refractivity contribution in [3.63, 3.8) is 0 Å². The highest BCUT2D eigenvalue weighted by Gasteiger charge is 1.95. The van der Waals surface area contributed by atoms with Crippen LogP contribution in [0, 0.1) is 0 Å². The Bertz CT molecular complexity index is 70.1. The normalized spacial score (nSPS) is 9.71. The van der Waals surface area contributed by atoms with E-state index < -0.39 is 5.34 Å². The van der Waals surface area contributed by atoms with Gasteiger partial charge in [0.2, 0.25) is 0 Å². The van der Waals surface area contributed by atoms with Gasteiger partial charge in [-0.05, 0) is 6.92 Å². The summed E-state index contributed by atoms with van der Waals surface area (Å²) in [7, 11) is 0. The van der Waals surface area contributed by atoms with Crippen molar-refractivity contribution >= 4 is 0 Å². The molecule has 0 aliphatic carbocycles. The van der Waals surface area contributed by atoms with E-state index in [1.54, 1.807) is 6.92 Å². The summed E-state index contributed by atoms with van der Waals surface area (Å²) in [6, 6.07) is 0. The van der Waals surface area contributed by atoms with Crippen LogP contribution in [0.15, 0.2) is 12.2 Å². The van der Waals surface area contributed by atoms with Gasteiger partial charge in [-0.1, -0.05) is 12.2 Å². The highest BCUT2D eigenvalue weighted by Crippen LogP contribution is 1.94. The Morgan fingerprint density at radius 2 is 2.14 bits per heavy atom. The summed E-state index contributed by atoms with van der Waals surface area (Å²) in [5.41, 5.74) is 0.463. The van der Waals surface area contributed by atoms with E-state index in [0.29, 0.717) is 5.57 Å². The van der Waals surface area contributed by atoms with Gasteiger partial charge in [0, 0.05) is 5.34 Å². The summed E-state index contributed by atoms with van der Waals surface area (Å²) in [5.74, 6) is 0. The first-order chi connectivity index (χ1) is 3.13. The van der Waals surface area contributed by atoms with Gasteiger partial charge in [0.1, 0.15) is 0 Å². The second-order valence-electron chi connectivity index (χ2n) is 1.42. The van der Waals surface area contributed by atoms with Crippen LogP contribution in [0.1, 0.15) is 6.92 Å². The summed E-state index contributed by atoms with van der Waals surface area (Å²) in [5, 5.41) is -0.900. The van der Waals surface area contributed by atoms with E-state index >= 15 is 0 Å². The van der Waals surface area contributed by atoms with E-state index in [-0.39, 0.29) is 6.54 Å². The lowest BCUT2D eigenvalue weighted by atomic mass is 10.4. The van der Waals surface area contributed by atoms with Gasteiger partial charge >= 0.3 is 0 Å². The Kier molecular flexibility index (Phi) is 2.52.